The molecule has 1 heterocycles. The van der Waals surface area contributed by atoms with E-state index in [-0.39, 0.29) is 0 Å². The summed E-state index contributed by atoms with van der Waals surface area (Å²) in [6, 6.07) is 3.75. The summed E-state index contributed by atoms with van der Waals surface area (Å²) in [7, 11) is 0. The standard InChI is InChI=1S/C14H20N4/c1-4-6-12(7-5-2)17-13-8-9-14(16-10-13)11(3)18-15/h6,8-10,15,17H,3-5,7H2,1-2H3/b12-6-,18-15?. The Morgan fingerprint density at radius 3 is 2.78 bits per heavy atom. The van der Waals surface area contributed by atoms with Gasteiger partial charge in [0.2, 0.25) is 0 Å². The van der Waals surface area contributed by atoms with E-state index in [1.165, 1.54) is 5.70 Å². The van der Waals surface area contributed by atoms with Gasteiger partial charge in [-0.2, -0.15) is 5.11 Å². The Hall–Kier alpha value is -1.97. The van der Waals surface area contributed by atoms with Crippen LogP contribution in [0.4, 0.5) is 5.69 Å². The molecule has 0 spiro atoms. The van der Waals surface area contributed by atoms with Crippen LogP contribution in [0.3, 0.4) is 0 Å². The van der Waals surface area contributed by atoms with E-state index in [1.54, 1.807) is 6.20 Å². The van der Waals surface area contributed by atoms with Crippen molar-refractivity contribution in [3.63, 3.8) is 0 Å². The molecule has 0 saturated carbocycles. The SMILES string of the molecule is C=C(N=N)c1ccc(N/C(=C\CC)CCC)cn1. The molecular weight excluding hydrogens is 224 g/mol. The van der Waals surface area contributed by atoms with Crippen LogP contribution in [0.25, 0.3) is 5.70 Å². The fourth-order valence-corrected chi connectivity index (χ4v) is 1.61. The molecule has 0 aliphatic rings. The van der Waals surface area contributed by atoms with Gasteiger partial charge in [-0.3, -0.25) is 4.98 Å². The smallest absolute Gasteiger partial charge is 0.103 e. The highest BCUT2D eigenvalue weighted by Gasteiger charge is 2.01. The fraction of sp³-hybridized carbons (Fsp3) is 0.357. The van der Waals surface area contributed by atoms with Crippen LogP contribution in [-0.4, -0.2) is 4.98 Å². The number of nitrogens with one attached hydrogen (secondary N) is 2. The lowest BCUT2D eigenvalue weighted by Gasteiger charge is -2.10. The van der Waals surface area contributed by atoms with Crippen LogP contribution in [0.1, 0.15) is 38.8 Å². The van der Waals surface area contributed by atoms with Crippen LogP contribution in [0, 0.1) is 5.53 Å². The second-order valence-corrected chi connectivity index (χ2v) is 4.00. The number of allylic oxidation sites excluding steroid dienone is 2. The van der Waals surface area contributed by atoms with Crippen molar-refractivity contribution in [2.45, 2.75) is 33.1 Å². The molecular formula is C14H20N4. The zero-order valence-corrected chi connectivity index (χ0v) is 11.0. The van der Waals surface area contributed by atoms with E-state index in [4.69, 9.17) is 5.53 Å². The molecule has 0 amide bonds. The number of hydrogen-bond acceptors (Lipinski definition) is 4. The Morgan fingerprint density at radius 2 is 2.28 bits per heavy atom. The fourth-order valence-electron chi connectivity index (χ4n) is 1.61. The molecule has 0 atom stereocenters. The van der Waals surface area contributed by atoms with E-state index >= 15 is 0 Å². The maximum atomic E-state index is 6.88. The average Bonchev–Trinajstić information content (AvgIpc) is 2.39. The lowest BCUT2D eigenvalue weighted by Crippen LogP contribution is -2.00. The van der Waals surface area contributed by atoms with Gasteiger partial charge in [-0.15, -0.1) is 0 Å². The molecule has 0 radical (unpaired) electrons. The Morgan fingerprint density at radius 1 is 1.50 bits per heavy atom. The molecule has 96 valence electrons. The molecule has 1 rings (SSSR count). The summed E-state index contributed by atoms with van der Waals surface area (Å²) in [6.45, 7) is 7.93. The Balaban J connectivity index is 2.76. The number of nitrogens with zero attached hydrogens (tertiary/aromatic N) is 2. The summed E-state index contributed by atoms with van der Waals surface area (Å²) in [5, 5.41) is 6.63. The van der Waals surface area contributed by atoms with E-state index in [1.807, 2.05) is 12.1 Å². The third-order valence-corrected chi connectivity index (χ3v) is 2.47. The van der Waals surface area contributed by atoms with Crippen molar-refractivity contribution >= 4 is 11.4 Å². The number of pyridine rings is 1. The van der Waals surface area contributed by atoms with Crippen molar-refractivity contribution in [3.8, 4) is 0 Å². The van der Waals surface area contributed by atoms with Crippen LogP contribution >= 0.6 is 0 Å². The van der Waals surface area contributed by atoms with E-state index in [2.05, 4.69) is 41.9 Å². The quantitative estimate of drug-likeness (QED) is 0.689. The zero-order chi connectivity index (χ0) is 13.4. The molecule has 0 aromatic carbocycles. The zero-order valence-electron chi connectivity index (χ0n) is 11.0. The van der Waals surface area contributed by atoms with Crippen molar-refractivity contribution < 1.29 is 0 Å². The highest BCUT2D eigenvalue weighted by atomic mass is 15.0. The van der Waals surface area contributed by atoms with Crippen LogP contribution in [0.15, 0.2) is 41.8 Å². The van der Waals surface area contributed by atoms with Gasteiger partial charge in [0.1, 0.15) is 5.70 Å². The molecule has 2 N–H and O–H groups in total. The minimum Gasteiger partial charge on any atom is -0.358 e. The van der Waals surface area contributed by atoms with Crippen LogP contribution in [0.5, 0.6) is 0 Å². The molecule has 1 aromatic rings. The number of aromatic nitrogens is 1. The van der Waals surface area contributed by atoms with Crippen molar-refractivity contribution in [1.29, 1.82) is 5.53 Å². The van der Waals surface area contributed by atoms with Crippen LogP contribution in [-0.2, 0) is 0 Å². The van der Waals surface area contributed by atoms with Crippen molar-refractivity contribution in [2.75, 3.05) is 5.32 Å². The van der Waals surface area contributed by atoms with Gasteiger partial charge in [0.25, 0.3) is 0 Å². The van der Waals surface area contributed by atoms with Gasteiger partial charge < -0.3 is 5.32 Å². The molecule has 0 bridgehead atoms. The van der Waals surface area contributed by atoms with E-state index in [9.17, 15) is 0 Å². The Bertz CT molecular complexity index is 432. The van der Waals surface area contributed by atoms with Crippen LogP contribution < -0.4 is 5.32 Å². The summed E-state index contributed by atoms with van der Waals surface area (Å²) in [5.74, 6) is 0. The lowest BCUT2D eigenvalue weighted by molar-refractivity contribution is 0.900. The van der Waals surface area contributed by atoms with E-state index in [0.29, 0.717) is 11.4 Å². The van der Waals surface area contributed by atoms with E-state index < -0.39 is 0 Å². The minimum atomic E-state index is 0.374. The maximum absolute atomic E-state index is 6.88. The second kappa shape index (κ2) is 7.37. The normalized spacial score (nSPS) is 11.1. The highest BCUT2D eigenvalue weighted by molar-refractivity contribution is 5.60. The average molecular weight is 244 g/mol. The largest absolute Gasteiger partial charge is 0.358 e. The topological polar surface area (TPSA) is 61.1 Å². The molecule has 0 unspecified atom stereocenters. The predicted octanol–water partition coefficient (Wildman–Crippen LogP) is 4.59. The minimum absolute atomic E-state index is 0.374. The number of anilines is 1. The van der Waals surface area contributed by atoms with Crippen LogP contribution in [0.2, 0.25) is 0 Å². The van der Waals surface area contributed by atoms with E-state index in [0.717, 1.165) is 24.9 Å². The Kier molecular flexibility index (Phi) is 5.77. The van der Waals surface area contributed by atoms with Gasteiger partial charge in [-0.1, -0.05) is 32.9 Å². The molecule has 4 nitrogen and oxygen atoms in total. The third-order valence-electron chi connectivity index (χ3n) is 2.47. The monoisotopic (exact) mass is 244 g/mol. The summed E-state index contributed by atoms with van der Waals surface area (Å²) in [4.78, 5) is 4.22. The van der Waals surface area contributed by atoms with Crippen molar-refractivity contribution in [1.82, 2.24) is 4.98 Å². The first-order valence-electron chi connectivity index (χ1n) is 6.20. The first kappa shape index (κ1) is 14.1. The molecule has 0 aliphatic heterocycles. The summed E-state index contributed by atoms with van der Waals surface area (Å²) >= 11 is 0. The molecule has 0 fully saturated rings. The predicted molar refractivity (Wildman–Crippen MR) is 75.3 cm³/mol. The first-order chi connectivity index (χ1) is 8.71. The van der Waals surface area contributed by atoms with Crippen molar-refractivity contribution in [2.24, 2.45) is 5.11 Å². The van der Waals surface area contributed by atoms with Gasteiger partial charge in [0.15, 0.2) is 0 Å². The van der Waals surface area contributed by atoms with Gasteiger partial charge in [-0.05, 0) is 25.0 Å². The number of rotatable bonds is 7. The molecule has 4 heteroatoms. The second-order valence-electron chi connectivity index (χ2n) is 4.00. The highest BCUT2D eigenvalue weighted by Crippen LogP contribution is 2.16. The molecule has 1 aromatic heterocycles. The number of hydrogen-bond donors (Lipinski definition) is 2. The Labute approximate surface area is 108 Å². The molecule has 0 saturated heterocycles. The lowest BCUT2D eigenvalue weighted by atomic mass is 10.2. The third kappa shape index (κ3) is 4.13. The van der Waals surface area contributed by atoms with Gasteiger partial charge in [0, 0.05) is 5.70 Å². The first-order valence-corrected chi connectivity index (χ1v) is 6.20. The van der Waals surface area contributed by atoms with Crippen molar-refractivity contribution in [3.05, 3.63) is 42.4 Å². The molecule has 0 aliphatic carbocycles. The molecule has 18 heavy (non-hydrogen) atoms. The van der Waals surface area contributed by atoms with Gasteiger partial charge in [0.05, 0.1) is 17.6 Å². The summed E-state index contributed by atoms with van der Waals surface area (Å²) in [5.41, 5.74) is 10.1. The van der Waals surface area contributed by atoms with Gasteiger partial charge >= 0.3 is 0 Å². The maximum Gasteiger partial charge on any atom is 0.103 e. The summed E-state index contributed by atoms with van der Waals surface area (Å²) in [6.07, 6.45) is 7.09. The summed E-state index contributed by atoms with van der Waals surface area (Å²) < 4.78 is 0. The van der Waals surface area contributed by atoms with Gasteiger partial charge in [-0.25, -0.2) is 5.53 Å².